The second kappa shape index (κ2) is 9.50. The molecule has 6 nitrogen and oxygen atoms in total. The average molecular weight is 421 g/mol. The Balaban J connectivity index is 1.43. The van der Waals surface area contributed by atoms with Crippen molar-refractivity contribution < 1.29 is 9.59 Å². The summed E-state index contributed by atoms with van der Waals surface area (Å²) in [6, 6.07) is 11.7. The van der Waals surface area contributed by atoms with E-state index in [1.165, 1.54) is 12.8 Å². The average Bonchev–Trinajstić information content (AvgIpc) is 3.31. The molecule has 0 spiro atoms. The van der Waals surface area contributed by atoms with E-state index >= 15 is 0 Å². The Morgan fingerprint density at radius 2 is 1.84 bits per heavy atom. The summed E-state index contributed by atoms with van der Waals surface area (Å²) in [4.78, 5) is 34.6. The minimum atomic E-state index is -0.474. The van der Waals surface area contributed by atoms with Gasteiger partial charge in [0.25, 0.3) is 0 Å². The van der Waals surface area contributed by atoms with Crippen molar-refractivity contribution in [2.24, 2.45) is 5.92 Å². The molecule has 1 fully saturated rings. The van der Waals surface area contributed by atoms with Gasteiger partial charge in [0.2, 0.25) is 11.8 Å². The number of pyridine rings is 1. The van der Waals surface area contributed by atoms with Crippen LogP contribution < -0.4 is 10.2 Å². The summed E-state index contributed by atoms with van der Waals surface area (Å²) in [5.74, 6) is 1.20. The molecule has 0 bridgehead atoms. The summed E-state index contributed by atoms with van der Waals surface area (Å²) in [5.41, 5.74) is 3.24. The van der Waals surface area contributed by atoms with Crippen LogP contribution in [0.1, 0.15) is 49.8 Å². The van der Waals surface area contributed by atoms with Crippen molar-refractivity contribution in [3.63, 3.8) is 0 Å². The van der Waals surface area contributed by atoms with Gasteiger partial charge in [0.1, 0.15) is 11.9 Å². The molecule has 2 aliphatic rings. The number of carbonyl (C=O) groups is 2. The van der Waals surface area contributed by atoms with Crippen LogP contribution in [0.5, 0.6) is 0 Å². The quantitative estimate of drug-likeness (QED) is 0.779. The zero-order chi connectivity index (χ0) is 21.8. The van der Waals surface area contributed by atoms with Crippen LogP contribution in [0, 0.1) is 5.92 Å². The highest BCUT2D eigenvalue weighted by atomic mass is 16.2. The summed E-state index contributed by atoms with van der Waals surface area (Å²) in [7, 11) is 0. The summed E-state index contributed by atoms with van der Waals surface area (Å²) in [6.45, 7) is 7.09. The fourth-order valence-electron chi connectivity index (χ4n) is 4.45. The lowest BCUT2D eigenvalue weighted by Gasteiger charge is -2.36. The number of benzene rings is 1. The molecule has 0 aliphatic carbocycles. The van der Waals surface area contributed by atoms with E-state index in [2.05, 4.69) is 21.3 Å². The molecular formula is C25H32N4O2. The van der Waals surface area contributed by atoms with Crippen molar-refractivity contribution in [2.75, 3.05) is 18.0 Å². The van der Waals surface area contributed by atoms with Gasteiger partial charge in [0.05, 0.1) is 0 Å². The smallest absolute Gasteiger partial charge is 0.243 e. The van der Waals surface area contributed by atoms with E-state index in [4.69, 9.17) is 0 Å². The third kappa shape index (κ3) is 5.06. The maximum absolute atomic E-state index is 13.1. The molecule has 1 N–H and O–H groups in total. The lowest BCUT2D eigenvalue weighted by Crippen LogP contribution is -2.52. The van der Waals surface area contributed by atoms with E-state index in [-0.39, 0.29) is 17.7 Å². The molecule has 6 heteroatoms. The first-order valence-corrected chi connectivity index (χ1v) is 11.3. The van der Waals surface area contributed by atoms with Gasteiger partial charge in [0, 0.05) is 45.2 Å². The Hall–Kier alpha value is -2.89. The van der Waals surface area contributed by atoms with Crippen molar-refractivity contribution in [2.45, 2.75) is 58.7 Å². The Bertz CT molecular complexity index is 919. The molecule has 164 valence electrons. The van der Waals surface area contributed by atoms with Gasteiger partial charge in [-0.3, -0.25) is 9.59 Å². The van der Waals surface area contributed by atoms with Crippen molar-refractivity contribution in [3.8, 4) is 0 Å². The zero-order valence-electron chi connectivity index (χ0n) is 18.5. The highest BCUT2D eigenvalue weighted by molar-refractivity contribution is 5.88. The maximum Gasteiger partial charge on any atom is 0.243 e. The zero-order valence-corrected chi connectivity index (χ0v) is 18.5. The lowest BCUT2D eigenvalue weighted by molar-refractivity contribution is -0.142. The highest BCUT2D eigenvalue weighted by Crippen LogP contribution is 2.25. The van der Waals surface area contributed by atoms with E-state index in [1.54, 1.807) is 4.90 Å². The fraction of sp³-hybridized carbons (Fsp3) is 0.480. The minimum absolute atomic E-state index is 0.0429. The number of fused-ring (bicyclic) bond motifs is 1. The van der Waals surface area contributed by atoms with Crippen LogP contribution in [-0.2, 0) is 29.1 Å². The highest BCUT2D eigenvalue weighted by Gasteiger charge is 2.34. The van der Waals surface area contributed by atoms with Crippen LogP contribution >= 0.6 is 0 Å². The second-order valence-electron chi connectivity index (χ2n) is 9.04. The van der Waals surface area contributed by atoms with Crippen molar-refractivity contribution in [3.05, 3.63) is 59.3 Å². The van der Waals surface area contributed by atoms with Crippen molar-refractivity contribution in [1.82, 2.24) is 15.2 Å². The van der Waals surface area contributed by atoms with E-state index in [0.29, 0.717) is 25.9 Å². The van der Waals surface area contributed by atoms with Crippen molar-refractivity contribution in [1.29, 1.82) is 0 Å². The molecule has 1 aromatic carbocycles. The minimum Gasteiger partial charge on any atom is -0.357 e. The molecule has 1 saturated heterocycles. The van der Waals surface area contributed by atoms with Gasteiger partial charge in [-0.05, 0) is 41.5 Å². The van der Waals surface area contributed by atoms with Crippen molar-refractivity contribution >= 4 is 17.6 Å². The second-order valence-corrected chi connectivity index (χ2v) is 9.04. The molecule has 4 rings (SSSR count). The largest absolute Gasteiger partial charge is 0.357 e. The van der Waals surface area contributed by atoms with E-state index < -0.39 is 6.04 Å². The fourth-order valence-corrected chi connectivity index (χ4v) is 4.45. The summed E-state index contributed by atoms with van der Waals surface area (Å²) < 4.78 is 0. The number of hydrogen-bond donors (Lipinski definition) is 1. The number of anilines is 1. The van der Waals surface area contributed by atoms with Crippen LogP contribution in [0.4, 0.5) is 5.82 Å². The molecule has 0 saturated carbocycles. The van der Waals surface area contributed by atoms with Crippen LogP contribution in [0.25, 0.3) is 0 Å². The maximum atomic E-state index is 13.1. The molecule has 3 heterocycles. The van der Waals surface area contributed by atoms with Gasteiger partial charge in [-0.2, -0.15) is 0 Å². The van der Waals surface area contributed by atoms with E-state index in [0.717, 1.165) is 35.6 Å². The Kier molecular flexibility index (Phi) is 6.54. The van der Waals surface area contributed by atoms with Gasteiger partial charge in [-0.15, -0.1) is 0 Å². The predicted molar refractivity (Wildman–Crippen MR) is 121 cm³/mol. The van der Waals surface area contributed by atoms with Crippen LogP contribution in [0.2, 0.25) is 0 Å². The molecule has 1 unspecified atom stereocenters. The summed E-state index contributed by atoms with van der Waals surface area (Å²) in [6.07, 6.45) is 5.28. The number of hydrogen-bond acceptors (Lipinski definition) is 4. The first-order valence-electron chi connectivity index (χ1n) is 11.3. The van der Waals surface area contributed by atoms with Gasteiger partial charge >= 0.3 is 0 Å². The molecule has 1 atom stereocenters. The predicted octanol–water partition coefficient (Wildman–Crippen LogP) is 3.30. The van der Waals surface area contributed by atoms with Crippen LogP contribution in [0.3, 0.4) is 0 Å². The number of aromatic nitrogens is 1. The number of amides is 2. The normalized spacial score (nSPS) is 18.2. The molecule has 1 aromatic heterocycles. The van der Waals surface area contributed by atoms with Gasteiger partial charge in [-0.25, -0.2) is 4.98 Å². The molecule has 2 aliphatic heterocycles. The molecule has 0 radical (unpaired) electrons. The Labute approximate surface area is 184 Å². The molecular weight excluding hydrogens is 388 g/mol. The van der Waals surface area contributed by atoms with Gasteiger partial charge in [-0.1, -0.05) is 44.2 Å². The Morgan fingerprint density at radius 3 is 2.52 bits per heavy atom. The van der Waals surface area contributed by atoms with Gasteiger partial charge < -0.3 is 15.1 Å². The topological polar surface area (TPSA) is 65.5 Å². The summed E-state index contributed by atoms with van der Waals surface area (Å²) in [5, 5.41) is 3.04. The number of rotatable bonds is 6. The monoisotopic (exact) mass is 420 g/mol. The number of nitrogens with zero attached hydrogens (tertiary/aromatic N) is 3. The van der Waals surface area contributed by atoms with Crippen LogP contribution in [-0.4, -0.2) is 40.8 Å². The van der Waals surface area contributed by atoms with Crippen LogP contribution in [0.15, 0.2) is 42.6 Å². The lowest BCUT2D eigenvalue weighted by atomic mass is 9.92. The van der Waals surface area contributed by atoms with E-state index in [1.807, 2.05) is 50.4 Å². The summed E-state index contributed by atoms with van der Waals surface area (Å²) >= 11 is 0. The number of carbonyl (C=O) groups excluding carboxylic acids is 2. The first kappa shape index (κ1) is 21.3. The Morgan fingerprint density at radius 1 is 1.10 bits per heavy atom. The molecule has 2 aromatic rings. The third-order valence-corrected chi connectivity index (χ3v) is 6.16. The third-order valence-electron chi connectivity index (χ3n) is 6.16. The SMILES string of the molecule is CC(C)CC(=O)N1Cc2ccccc2CC1C(=O)NCc1ccc(N2CCCC2)nc1. The van der Waals surface area contributed by atoms with Gasteiger partial charge in [0.15, 0.2) is 0 Å². The molecule has 2 amide bonds. The molecule has 31 heavy (non-hydrogen) atoms. The first-order chi connectivity index (χ1) is 15.0. The standard InChI is InChI=1S/C25H32N4O2/c1-18(2)13-24(30)29-17-21-8-4-3-7-20(21)14-22(29)25(31)27-16-19-9-10-23(26-15-19)28-11-5-6-12-28/h3-4,7-10,15,18,22H,5-6,11-14,16-17H2,1-2H3,(H,27,31). The number of nitrogens with one attached hydrogen (secondary N) is 1. The van der Waals surface area contributed by atoms with E-state index in [9.17, 15) is 9.59 Å².